The van der Waals surface area contributed by atoms with Crippen LogP contribution in [-0.2, 0) is 0 Å². The molecule has 0 aliphatic rings. The number of hydrogen-bond donors (Lipinski definition) is 1. The van der Waals surface area contributed by atoms with Crippen LogP contribution < -0.4 is 10.1 Å². The fourth-order valence-electron chi connectivity index (χ4n) is 2.32. The second-order valence-corrected chi connectivity index (χ2v) is 6.80. The van der Waals surface area contributed by atoms with E-state index >= 15 is 0 Å². The van der Waals surface area contributed by atoms with Crippen molar-refractivity contribution in [3.63, 3.8) is 0 Å². The molecule has 0 bridgehead atoms. The summed E-state index contributed by atoms with van der Waals surface area (Å²) < 4.78 is 5.98. The van der Waals surface area contributed by atoms with Crippen LogP contribution in [0, 0.1) is 12.3 Å². The monoisotopic (exact) mass is 277 g/mol. The Labute approximate surface area is 124 Å². The maximum absolute atomic E-state index is 5.98. The number of rotatable bonds is 8. The highest BCUT2D eigenvalue weighted by molar-refractivity contribution is 5.36. The van der Waals surface area contributed by atoms with Crippen molar-refractivity contribution >= 4 is 0 Å². The third-order valence-electron chi connectivity index (χ3n) is 3.52. The molecule has 0 radical (unpaired) electrons. The summed E-state index contributed by atoms with van der Waals surface area (Å²) in [4.78, 5) is 0. The molecule has 20 heavy (non-hydrogen) atoms. The minimum absolute atomic E-state index is 0.153. The van der Waals surface area contributed by atoms with Gasteiger partial charge in [-0.15, -0.1) is 0 Å². The third-order valence-corrected chi connectivity index (χ3v) is 3.52. The SMILES string of the molecule is CCCNCC(C)(C)COc1ccc(C(C)C)c(C)c1. The fourth-order valence-corrected chi connectivity index (χ4v) is 2.32. The first-order valence-corrected chi connectivity index (χ1v) is 7.80. The third kappa shape index (κ3) is 5.54. The average Bonchev–Trinajstić information content (AvgIpc) is 2.36. The molecule has 0 aliphatic carbocycles. The van der Waals surface area contributed by atoms with Gasteiger partial charge in [0.05, 0.1) is 6.61 Å². The van der Waals surface area contributed by atoms with Crippen molar-refractivity contribution in [3.05, 3.63) is 29.3 Å². The van der Waals surface area contributed by atoms with Gasteiger partial charge >= 0.3 is 0 Å². The topological polar surface area (TPSA) is 21.3 Å². The van der Waals surface area contributed by atoms with Gasteiger partial charge in [0, 0.05) is 12.0 Å². The number of nitrogens with one attached hydrogen (secondary N) is 1. The summed E-state index contributed by atoms with van der Waals surface area (Å²) in [5, 5.41) is 3.47. The van der Waals surface area contributed by atoms with Crippen molar-refractivity contribution in [3.8, 4) is 5.75 Å². The Balaban J connectivity index is 2.55. The maximum Gasteiger partial charge on any atom is 0.119 e. The van der Waals surface area contributed by atoms with E-state index in [1.165, 1.54) is 17.5 Å². The van der Waals surface area contributed by atoms with Crippen LogP contribution in [0.1, 0.15) is 58.1 Å². The lowest BCUT2D eigenvalue weighted by molar-refractivity contribution is 0.176. The van der Waals surface area contributed by atoms with E-state index in [2.05, 4.69) is 65.1 Å². The quantitative estimate of drug-likeness (QED) is 0.705. The van der Waals surface area contributed by atoms with Crippen molar-refractivity contribution < 1.29 is 4.74 Å². The second kappa shape index (κ2) is 7.68. The molecule has 0 fully saturated rings. The molecular formula is C18H31NO. The van der Waals surface area contributed by atoms with Crippen LogP contribution in [-0.4, -0.2) is 19.7 Å². The van der Waals surface area contributed by atoms with Crippen LogP contribution in [0.4, 0.5) is 0 Å². The summed E-state index contributed by atoms with van der Waals surface area (Å²) in [7, 11) is 0. The molecule has 1 rings (SSSR count). The smallest absolute Gasteiger partial charge is 0.119 e. The fraction of sp³-hybridized carbons (Fsp3) is 0.667. The molecule has 0 saturated heterocycles. The first-order chi connectivity index (χ1) is 9.35. The summed E-state index contributed by atoms with van der Waals surface area (Å²) in [6.07, 6.45) is 1.17. The number of benzene rings is 1. The van der Waals surface area contributed by atoms with Crippen molar-refractivity contribution in [2.24, 2.45) is 5.41 Å². The second-order valence-electron chi connectivity index (χ2n) is 6.80. The van der Waals surface area contributed by atoms with Gasteiger partial charge < -0.3 is 10.1 Å². The van der Waals surface area contributed by atoms with E-state index in [0.717, 1.165) is 25.4 Å². The minimum atomic E-state index is 0.153. The van der Waals surface area contributed by atoms with E-state index in [4.69, 9.17) is 4.74 Å². The number of aryl methyl sites for hydroxylation is 1. The Morgan fingerprint density at radius 2 is 1.95 bits per heavy atom. The van der Waals surface area contributed by atoms with Crippen molar-refractivity contribution in [1.29, 1.82) is 0 Å². The lowest BCUT2D eigenvalue weighted by Gasteiger charge is -2.25. The molecule has 1 aromatic rings. The minimum Gasteiger partial charge on any atom is -0.493 e. The van der Waals surface area contributed by atoms with Gasteiger partial charge in [-0.05, 0) is 49.1 Å². The molecular weight excluding hydrogens is 246 g/mol. The van der Waals surface area contributed by atoms with E-state index < -0.39 is 0 Å². The van der Waals surface area contributed by atoms with Gasteiger partial charge in [0.25, 0.3) is 0 Å². The van der Waals surface area contributed by atoms with Crippen LogP contribution in [0.2, 0.25) is 0 Å². The largest absolute Gasteiger partial charge is 0.493 e. The van der Waals surface area contributed by atoms with Crippen molar-refractivity contribution in [2.45, 2.75) is 53.9 Å². The van der Waals surface area contributed by atoms with Gasteiger partial charge in [0.1, 0.15) is 5.75 Å². The highest BCUT2D eigenvalue weighted by atomic mass is 16.5. The number of ether oxygens (including phenoxy) is 1. The zero-order valence-corrected chi connectivity index (χ0v) is 14.0. The van der Waals surface area contributed by atoms with Gasteiger partial charge in [-0.3, -0.25) is 0 Å². The highest BCUT2D eigenvalue weighted by Gasteiger charge is 2.18. The van der Waals surface area contributed by atoms with E-state index in [9.17, 15) is 0 Å². The van der Waals surface area contributed by atoms with Crippen molar-refractivity contribution in [2.75, 3.05) is 19.7 Å². The highest BCUT2D eigenvalue weighted by Crippen LogP contribution is 2.25. The van der Waals surface area contributed by atoms with Gasteiger partial charge in [-0.2, -0.15) is 0 Å². The summed E-state index contributed by atoms with van der Waals surface area (Å²) >= 11 is 0. The Morgan fingerprint density at radius 3 is 2.50 bits per heavy atom. The van der Waals surface area contributed by atoms with E-state index in [0.29, 0.717) is 5.92 Å². The molecule has 0 unspecified atom stereocenters. The zero-order valence-electron chi connectivity index (χ0n) is 14.0. The zero-order chi connectivity index (χ0) is 15.2. The predicted molar refractivity (Wildman–Crippen MR) is 87.7 cm³/mol. The first kappa shape index (κ1) is 17.0. The molecule has 1 N–H and O–H groups in total. The molecule has 0 aromatic heterocycles. The molecule has 0 saturated carbocycles. The van der Waals surface area contributed by atoms with Gasteiger partial charge in [-0.25, -0.2) is 0 Å². The molecule has 0 spiro atoms. The van der Waals surface area contributed by atoms with E-state index in [-0.39, 0.29) is 5.41 Å². The molecule has 0 heterocycles. The number of hydrogen-bond acceptors (Lipinski definition) is 2. The Hall–Kier alpha value is -1.02. The average molecular weight is 277 g/mol. The molecule has 0 aliphatic heterocycles. The summed E-state index contributed by atoms with van der Waals surface area (Å²) in [5.41, 5.74) is 2.88. The van der Waals surface area contributed by atoms with Gasteiger partial charge in [-0.1, -0.05) is 40.7 Å². The Morgan fingerprint density at radius 1 is 1.25 bits per heavy atom. The van der Waals surface area contributed by atoms with Crippen LogP contribution >= 0.6 is 0 Å². The van der Waals surface area contributed by atoms with Crippen LogP contribution in [0.3, 0.4) is 0 Å². The molecule has 1 aromatic carbocycles. The Kier molecular flexibility index (Phi) is 6.54. The van der Waals surface area contributed by atoms with Crippen LogP contribution in [0.5, 0.6) is 5.75 Å². The van der Waals surface area contributed by atoms with E-state index in [1.54, 1.807) is 0 Å². The predicted octanol–water partition coefficient (Wildman–Crippen LogP) is 4.52. The normalized spacial score (nSPS) is 11.9. The summed E-state index contributed by atoms with van der Waals surface area (Å²) in [5.74, 6) is 1.55. The van der Waals surface area contributed by atoms with Crippen LogP contribution in [0.25, 0.3) is 0 Å². The van der Waals surface area contributed by atoms with Gasteiger partial charge in [0.2, 0.25) is 0 Å². The molecule has 2 nitrogen and oxygen atoms in total. The summed E-state index contributed by atoms with van der Waals surface area (Å²) in [6, 6.07) is 6.44. The standard InChI is InChI=1S/C18H31NO/c1-7-10-19-12-18(5,6)13-20-16-8-9-17(14(2)3)15(4)11-16/h8-9,11,14,19H,7,10,12-13H2,1-6H3. The molecule has 0 amide bonds. The maximum atomic E-state index is 5.98. The lowest BCUT2D eigenvalue weighted by atomic mass is 9.94. The first-order valence-electron chi connectivity index (χ1n) is 7.80. The lowest BCUT2D eigenvalue weighted by Crippen LogP contribution is -2.34. The molecule has 0 atom stereocenters. The summed E-state index contributed by atoms with van der Waals surface area (Å²) in [6.45, 7) is 16.1. The van der Waals surface area contributed by atoms with E-state index in [1.807, 2.05) is 0 Å². The Bertz CT molecular complexity index is 410. The van der Waals surface area contributed by atoms with Crippen molar-refractivity contribution in [1.82, 2.24) is 5.32 Å². The molecule has 2 heteroatoms. The molecule has 114 valence electrons. The van der Waals surface area contributed by atoms with Gasteiger partial charge in [0.15, 0.2) is 0 Å². The van der Waals surface area contributed by atoms with Crippen LogP contribution in [0.15, 0.2) is 18.2 Å².